The first-order chi connectivity index (χ1) is 18.4. The topological polar surface area (TPSA) is 140 Å². The standard InChI is InChI=1S/C28H30F3N5O3/c1-12-6-14(7-21(33)26(12)37)16-4-5-34-11-22(16)35-27(38)25-20(32)10-19(31)24(36-25)23-17(29)8-15(9-18(23)30)28(3)13(2)39-28/h4-5,8-14,21,26,37H,6-7,32-33H2,1-3H3,(H,35,38)/t12-,13?,14+,21+,26+,28?/m0/s1. The minimum absolute atomic E-state index is 0.0547. The van der Waals surface area contributed by atoms with Gasteiger partial charge in [0.2, 0.25) is 0 Å². The van der Waals surface area contributed by atoms with Crippen LogP contribution in [0.25, 0.3) is 11.3 Å². The van der Waals surface area contributed by atoms with E-state index in [0.717, 1.165) is 23.8 Å². The van der Waals surface area contributed by atoms with Crippen LogP contribution in [0.3, 0.4) is 0 Å². The Bertz CT molecular complexity index is 1420. The van der Waals surface area contributed by atoms with E-state index in [1.807, 2.05) is 6.92 Å². The number of aliphatic hydroxyl groups excluding tert-OH is 1. The zero-order chi connectivity index (χ0) is 28.2. The fraction of sp³-hybridized carbons (Fsp3) is 0.393. The van der Waals surface area contributed by atoms with Crippen molar-refractivity contribution in [3.05, 3.63) is 70.9 Å². The van der Waals surface area contributed by atoms with Crippen LogP contribution < -0.4 is 16.8 Å². The summed E-state index contributed by atoms with van der Waals surface area (Å²) in [7, 11) is 0. The van der Waals surface area contributed by atoms with Crippen LogP contribution in [0, 0.1) is 23.4 Å². The number of nitrogens with one attached hydrogen (secondary N) is 1. The Morgan fingerprint density at radius 3 is 2.44 bits per heavy atom. The molecule has 8 nitrogen and oxygen atoms in total. The molecule has 2 fully saturated rings. The van der Waals surface area contributed by atoms with Crippen LogP contribution in [-0.2, 0) is 10.3 Å². The molecule has 11 heteroatoms. The highest BCUT2D eigenvalue weighted by atomic mass is 19.1. The fourth-order valence-corrected chi connectivity index (χ4v) is 5.46. The van der Waals surface area contributed by atoms with E-state index in [2.05, 4.69) is 15.3 Å². The van der Waals surface area contributed by atoms with Crippen LogP contribution in [0.4, 0.5) is 24.5 Å². The number of anilines is 2. The highest BCUT2D eigenvalue weighted by molar-refractivity contribution is 6.07. The lowest BCUT2D eigenvalue weighted by Gasteiger charge is -2.36. The number of amides is 1. The second kappa shape index (κ2) is 9.89. The number of epoxide rings is 1. The lowest BCUT2D eigenvalue weighted by Crippen LogP contribution is -2.44. The van der Waals surface area contributed by atoms with Gasteiger partial charge < -0.3 is 26.6 Å². The van der Waals surface area contributed by atoms with Gasteiger partial charge in [0.05, 0.1) is 35.3 Å². The summed E-state index contributed by atoms with van der Waals surface area (Å²) in [6.07, 6.45) is 3.32. The van der Waals surface area contributed by atoms with Crippen LogP contribution in [0.1, 0.15) is 61.1 Å². The van der Waals surface area contributed by atoms with Crippen molar-refractivity contribution in [2.24, 2.45) is 11.7 Å². The number of benzene rings is 1. The number of hydrogen-bond donors (Lipinski definition) is 4. The van der Waals surface area contributed by atoms with Crippen LogP contribution >= 0.6 is 0 Å². The Kier molecular flexibility index (Phi) is 6.86. The van der Waals surface area contributed by atoms with E-state index in [-0.39, 0.29) is 29.2 Å². The van der Waals surface area contributed by atoms with Crippen molar-refractivity contribution < 1.29 is 27.8 Å². The molecule has 2 unspecified atom stereocenters. The number of carbonyl (C=O) groups is 1. The van der Waals surface area contributed by atoms with Gasteiger partial charge in [-0.1, -0.05) is 6.92 Å². The summed E-state index contributed by atoms with van der Waals surface area (Å²) in [5.74, 6) is -4.09. The number of pyridine rings is 2. The van der Waals surface area contributed by atoms with E-state index >= 15 is 8.78 Å². The number of ether oxygens (including phenoxy) is 1. The van der Waals surface area contributed by atoms with Gasteiger partial charge in [0.1, 0.15) is 22.9 Å². The largest absolute Gasteiger partial charge is 0.397 e. The van der Waals surface area contributed by atoms with Gasteiger partial charge in [0, 0.05) is 18.3 Å². The van der Waals surface area contributed by atoms with E-state index in [1.54, 1.807) is 26.1 Å². The van der Waals surface area contributed by atoms with Crippen molar-refractivity contribution >= 4 is 17.3 Å². The van der Waals surface area contributed by atoms with Gasteiger partial charge in [0.15, 0.2) is 11.5 Å². The van der Waals surface area contributed by atoms with Crippen molar-refractivity contribution in [3.8, 4) is 11.3 Å². The van der Waals surface area contributed by atoms with E-state index < -0.39 is 58.1 Å². The normalized spacial score (nSPS) is 28.3. The molecule has 1 saturated heterocycles. The molecule has 5 rings (SSSR count). The van der Waals surface area contributed by atoms with Gasteiger partial charge in [-0.05, 0) is 67.9 Å². The molecule has 2 aromatic heterocycles. The first kappa shape index (κ1) is 27.0. The number of aromatic nitrogens is 2. The van der Waals surface area contributed by atoms with Gasteiger partial charge in [-0.2, -0.15) is 0 Å². The highest BCUT2D eigenvalue weighted by Crippen LogP contribution is 2.47. The molecule has 206 valence electrons. The number of nitrogens with zero attached hydrogens (tertiary/aromatic N) is 2. The maximum Gasteiger partial charge on any atom is 0.276 e. The van der Waals surface area contributed by atoms with E-state index in [1.165, 1.54) is 6.20 Å². The number of halogens is 3. The van der Waals surface area contributed by atoms with Gasteiger partial charge in [-0.3, -0.25) is 9.78 Å². The molecule has 1 aromatic carbocycles. The molecule has 2 aliphatic rings. The van der Waals surface area contributed by atoms with Gasteiger partial charge in [-0.15, -0.1) is 0 Å². The average molecular weight is 542 g/mol. The average Bonchev–Trinajstić information content (AvgIpc) is 3.50. The predicted octanol–water partition coefficient (Wildman–Crippen LogP) is 4.23. The molecule has 0 radical (unpaired) electrons. The smallest absolute Gasteiger partial charge is 0.276 e. The fourth-order valence-electron chi connectivity index (χ4n) is 5.46. The van der Waals surface area contributed by atoms with Crippen molar-refractivity contribution in [2.75, 3.05) is 11.1 Å². The Labute approximate surface area is 223 Å². The van der Waals surface area contributed by atoms with E-state index in [4.69, 9.17) is 16.2 Å². The van der Waals surface area contributed by atoms with Crippen LogP contribution in [0.15, 0.2) is 36.7 Å². The molecular formula is C28H30F3N5O3. The summed E-state index contributed by atoms with van der Waals surface area (Å²) in [6.45, 7) is 5.38. The highest BCUT2D eigenvalue weighted by Gasteiger charge is 2.51. The summed E-state index contributed by atoms with van der Waals surface area (Å²) in [5.41, 5.74) is 10.5. The third kappa shape index (κ3) is 4.86. The van der Waals surface area contributed by atoms with Crippen LogP contribution in [0.2, 0.25) is 0 Å². The maximum atomic E-state index is 15.1. The predicted molar refractivity (Wildman–Crippen MR) is 139 cm³/mol. The number of hydrogen-bond acceptors (Lipinski definition) is 7. The first-order valence-corrected chi connectivity index (χ1v) is 12.7. The number of aliphatic hydroxyl groups is 1. The Morgan fingerprint density at radius 2 is 1.82 bits per heavy atom. The summed E-state index contributed by atoms with van der Waals surface area (Å²) < 4.78 is 50.6. The Morgan fingerprint density at radius 1 is 1.15 bits per heavy atom. The number of carbonyl (C=O) groups excluding carboxylic acids is 1. The van der Waals surface area contributed by atoms with Crippen molar-refractivity contribution in [1.29, 1.82) is 0 Å². The molecular weight excluding hydrogens is 511 g/mol. The maximum absolute atomic E-state index is 15.1. The summed E-state index contributed by atoms with van der Waals surface area (Å²) >= 11 is 0. The molecule has 3 heterocycles. The van der Waals surface area contributed by atoms with E-state index in [9.17, 15) is 14.3 Å². The molecule has 0 bridgehead atoms. The Hall–Kier alpha value is -3.54. The van der Waals surface area contributed by atoms with Crippen molar-refractivity contribution in [3.63, 3.8) is 0 Å². The molecule has 6 atom stereocenters. The Balaban J connectivity index is 1.47. The van der Waals surface area contributed by atoms with Crippen molar-refractivity contribution in [2.45, 2.75) is 63.4 Å². The second-order valence-corrected chi connectivity index (χ2v) is 10.7. The second-order valence-electron chi connectivity index (χ2n) is 10.7. The third-order valence-corrected chi connectivity index (χ3v) is 7.99. The number of nitrogen functional groups attached to an aromatic ring is 1. The van der Waals surface area contributed by atoms with Crippen molar-refractivity contribution in [1.82, 2.24) is 9.97 Å². The third-order valence-electron chi connectivity index (χ3n) is 7.99. The van der Waals surface area contributed by atoms with Crippen LogP contribution in [-0.4, -0.2) is 39.2 Å². The lowest BCUT2D eigenvalue weighted by molar-refractivity contribution is 0.0521. The SMILES string of the molecule is CC1OC1(C)c1cc(F)c(-c2nc(C(=O)Nc3cnccc3[C@H]3C[C@@H](N)[C@H](O)[C@@H](C)C3)c(N)cc2F)c(F)c1. The van der Waals surface area contributed by atoms with Crippen LogP contribution in [0.5, 0.6) is 0 Å². The minimum Gasteiger partial charge on any atom is -0.397 e. The lowest BCUT2D eigenvalue weighted by atomic mass is 9.74. The monoisotopic (exact) mass is 541 g/mol. The zero-order valence-corrected chi connectivity index (χ0v) is 21.7. The summed E-state index contributed by atoms with van der Waals surface area (Å²) in [4.78, 5) is 21.3. The quantitative estimate of drug-likeness (QED) is 0.355. The van der Waals surface area contributed by atoms with E-state index in [0.29, 0.717) is 18.5 Å². The molecule has 6 N–H and O–H groups in total. The summed E-state index contributed by atoms with van der Waals surface area (Å²) in [6, 6.07) is 4.29. The molecule has 1 saturated carbocycles. The van der Waals surface area contributed by atoms with Gasteiger partial charge in [0.25, 0.3) is 5.91 Å². The number of nitrogens with two attached hydrogens (primary N) is 2. The molecule has 0 spiro atoms. The first-order valence-electron chi connectivity index (χ1n) is 12.7. The van der Waals surface area contributed by atoms with Gasteiger partial charge >= 0.3 is 0 Å². The minimum atomic E-state index is -1.08. The summed E-state index contributed by atoms with van der Waals surface area (Å²) in [5, 5.41) is 12.9. The molecule has 1 aliphatic heterocycles. The molecule has 39 heavy (non-hydrogen) atoms. The van der Waals surface area contributed by atoms with Gasteiger partial charge in [-0.25, -0.2) is 18.2 Å². The molecule has 1 aliphatic carbocycles. The zero-order valence-electron chi connectivity index (χ0n) is 21.7. The molecule has 1 amide bonds. The molecule has 3 aromatic rings. The number of rotatable bonds is 5.